The van der Waals surface area contributed by atoms with Crippen molar-refractivity contribution in [2.45, 2.75) is 13.8 Å². The topological polar surface area (TPSA) is 40.6 Å². The van der Waals surface area contributed by atoms with Crippen LogP contribution in [-0.4, -0.2) is 60.6 Å². The first-order chi connectivity index (χ1) is 7.73. The Hall–Kier alpha value is -0.246. The van der Waals surface area contributed by atoms with Crippen molar-refractivity contribution in [3.05, 3.63) is 0 Å². The molecule has 0 rings (SSSR count). The van der Waals surface area contributed by atoms with E-state index in [0.717, 1.165) is 0 Å². The summed E-state index contributed by atoms with van der Waals surface area (Å²) in [5, 5.41) is 0. The predicted octanol–water partition coefficient (Wildman–Crippen LogP) is 0.518. The first-order valence-electron chi connectivity index (χ1n) is 5.69. The zero-order valence-corrected chi connectivity index (χ0v) is 12.6. The Morgan fingerprint density at radius 2 is 1.18 bits per heavy atom. The summed E-state index contributed by atoms with van der Waals surface area (Å²) in [6.45, 7) is 5.10. The fraction of sp³-hybridized carbons (Fsp3) is 0.833. The normalized spacial score (nSPS) is 15.3. The van der Waals surface area contributed by atoms with Gasteiger partial charge in [0.2, 0.25) is 0 Å². The molecule has 4 nitrogen and oxygen atoms in total. The monoisotopic (exact) mass is 286 g/mol. The molecule has 0 fully saturated rings. The summed E-state index contributed by atoms with van der Waals surface area (Å²) in [5.74, 6) is -0.194. The number of hydrogen-bond donors (Lipinski definition) is 0. The number of nitrogens with zero attached hydrogens (tertiary/aromatic N) is 2. The average molecular weight is 287 g/mol. The van der Waals surface area contributed by atoms with Crippen molar-refractivity contribution in [3.8, 4) is 0 Å². The summed E-state index contributed by atoms with van der Waals surface area (Å²) < 4.78 is -0.0244. The molecule has 0 aromatic carbocycles. The van der Waals surface area contributed by atoms with E-state index >= 15 is 0 Å². The van der Waals surface area contributed by atoms with Gasteiger partial charge in [-0.1, -0.05) is 0 Å². The van der Waals surface area contributed by atoms with Crippen molar-refractivity contribution in [3.63, 3.8) is 0 Å². The molecule has 0 aromatic heterocycles. The van der Waals surface area contributed by atoms with Gasteiger partial charge in [0.1, 0.15) is 0 Å². The molecular formula is C12H24N2NiO2. The van der Waals surface area contributed by atoms with Crippen molar-refractivity contribution in [2.24, 2.45) is 11.8 Å². The van der Waals surface area contributed by atoms with Gasteiger partial charge in [0, 0.05) is 0 Å². The first-order valence-corrected chi connectivity index (χ1v) is 6.68. The molecule has 5 heteroatoms. The van der Waals surface area contributed by atoms with E-state index < -0.39 is 0 Å². The molecule has 0 aliphatic rings. The second kappa shape index (κ2) is 7.96. The molecule has 0 aliphatic heterocycles. The maximum absolute atomic E-state index is 11.8. The van der Waals surface area contributed by atoms with Gasteiger partial charge in [-0.3, -0.25) is 0 Å². The zero-order valence-electron chi connectivity index (χ0n) is 11.6. The van der Waals surface area contributed by atoms with E-state index in [9.17, 15) is 9.59 Å². The van der Waals surface area contributed by atoms with Crippen molar-refractivity contribution in [1.82, 2.24) is 9.80 Å². The Balaban J connectivity index is 4.15. The van der Waals surface area contributed by atoms with Crippen molar-refractivity contribution >= 4 is 9.51 Å². The Labute approximate surface area is 111 Å². The van der Waals surface area contributed by atoms with E-state index in [-0.39, 0.29) is 21.3 Å². The summed E-state index contributed by atoms with van der Waals surface area (Å²) in [6.07, 6.45) is 0. The number of carbonyl (C=O) groups is 2. The quantitative estimate of drug-likeness (QED) is 0.610. The summed E-state index contributed by atoms with van der Waals surface area (Å²) in [4.78, 5) is 27.5. The summed E-state index contributed by atoms with van der Waals surface area (Å²) in [5.41, 5.74) is 0. The van der Waals surface area contributed by atoms with Crippen LogP contribution in [0.4, 0.5) is 0 Å². The fourth-order valence-corrected chi connectivity index (χ4v) is 2.37. The molecule has 17 heavy (non-hydrogen) atoms. The summed E-state index contributed by atoms with van der Waals surface area (Å²) in [7, 11) is 7.70. The number of hydrogen-bond acceptors (Lipinski definition) is 4. The second-order valence-electron chi connectivity index (χ2n) is 4.95. The van der Waals surface area contributed by atoms with E-state index in [1.54, 1.807) is 0 Å². The molecule has 2 unspecified atom stereocenters. The molecule has 0 spiro atoms. The first kappa shape index (κ1) is 16.8. The summed E-state index contributed by atoms with van der Waals surface area (Å²) >= 11 is 0.670. The van der Waals surface area contributed by atoms with Crippen LogP contribution in [0.1, 0.15) is 13.8 Å². The van der Waals surface area contributed by atoms with Gasteiger partial charge in [-0.15, -0.1) is 0 Å². The SMILES string of the molecule is CC(CN(C)C)[C](=O)[Ni][C](=O)C(C)CN(C)C. The molecule has 0 aromatic rings. The zero-order chi connectivity index (χ0) is 13.6. The number of rotatable bonds is 8. The van der Waals surface area contributed by atoms with E-state index in [1.807, 2.05) is 51.8 Å². The predicted molar refractivity (Wildman–Crippen MR) is 65.5 cm³/mol. The van der Waals surface area contributed by atoms with Gasteiger partial charge in [0.05, 0.1) is 0 Å². The Morgan fingerprint density at radius 3 is 1.41 bits per heavy atom. The molecule has 0 saturated carbocycles. The van der Waals surface area contributed by atoms with Crippen LogP contribution in [0.5, 0.6) is 0 Å². The molecule has 0 amide bonds. The van der Waals surface area contributed by atoms with Crippen molar-refractivity contribution in [1.29, 1.82) is 0 Å². The second-order valence-corrected chi connectivity index (χ2v) is 6.17. The Morgan fingerprint density at radius 1 is 0.882 bits per heavy atom. The Bertz CT molecular complexity index is 241. The molecule has 0 N–H and O–H groups in total. The van der Waals surface area contributed by atoms with Gasteiger partial charge in [-0.05, 0) is 0 Å². The van der Waals surface area contributed by atoms with Crippen LogP contribution >= 0.6 is 0 Å². The Kier molecular flexibility index (Phi) is 7.85. The van der Waals surface area contributed by atoms with Crippen LogP contribution in [0.2, 0.25) is 0 Å². The van der Waals surface area contributed by atoms with Crippen LogP contribution in [0.15, 0.2) is 0 Å². The van der Waals surface area contributed by atoms with Gasteiger partial charge in [-0.2, -0.15) is 0 Å². The van der Waals surface area contributed by atoms with Gasteiger partial charge in [-0.25, -0.2) is 0 Å². The van der Waals surface area contributed by atoms with E-state index in [1.165, 1.54) is 0 Å². The third-order valence-corrected chi connectivity index (χ3v) is 3.61. The van der Waals surface area contributed by atoms with E-state index in [0.29, 0.717) is 27.5 Å². The van der Waals surface area contributed by atoms with Gasteiger partial charge in [0.25, 0.3) is 0 Å². The number of carbonyl (C=O) groups excluding carboxylic acids is 2. The molecule has 2 atom stereocenters. The molecular weight excluding hydrogens is 263 g/mol. The maximum atomic E-state index is 11.8. The average Bonchev–Trinajstić information content (AvgIpc) is 2.15. The summed E-state index contributed by atoms with van der Waals surface area (Å²) in [6, 6.07) is 0. The molecule has 0 bridgehead atoms. The van der Waals surface area contributed by atoms with Crippen molar-refractivity contribution < 1.29 is 24.0 Å². The molecule has 0 aliphatic carbocycles. The van der Waals surface area contributed by atoms with E-state index in [2.05, 4.69) is 0 Å². The van der Waals surface area contributed by atoms with Crippen LogP contribution in [0.3, 0.4) is 0 Å². The minimum absolute atomic E-state index is 0.0122. The molecule has 0 radical (unpaired) electrons. The molecule has 0 heterocycles. The minimum atomic E-state index is -0.0968. The van der Waals surface area contributed by atoms with Crippen LogP contribution in [0.25, 0.3) is 0 Å². The molecule has 104 valence electrons. The fourth-order valence-electron chi connectivity index (χ4n) is 1.46. The van der Waals surface area contributed by atoms with E-state index in [4.69, 9.17) is 0 Å². The van der Waals surface area contributed by atoms with Crippen LogP contribution in [0, 0.1) is 11.8 Å². The van der Waals surface area contributed by atoms with Gasteiger partial charge >= 0.3 is 110 Å². The third kappa shape index (κ3) is 7.64. The van der Waals surface area contributed by atoms with Crippen molar-refractivity contribution in [2.75, 3.05) is 41.3 Å². The third-order valence-electron chi connectivity index (χ3n) is 2.15. The van der Waals surface area contributed by atoms with Gasteiger partial charge < -0.3 is 0 Å². The van der Waals surface area contributed by atoms with Crippen LogP contribution < -0.4 is 0 Å². The molecule has 0 saturated heterocycles. The van der Waals surface area contributed by atoms with Gasteiger partial charge in [0.15, 0.2) is 0 Å². The standard InChI is InChI=1S/2C6H12NO.Ni/c2*1-6(5-8)4-7(2)3;/h2*6H,4H2,1-3H3;. The van der Waals surface area contributed by atoms with Crippen LogP contribution in [-0.2, 0) is 24.0 Å².